The van der Waals surface area contributed by atoms with Crippen LogP contribution in [0.15, 0.2) is 83.0 Å². The Kier molecular flexibility index (Phi) is 10.9. The van der Waals surface area contributed by atoms with Crippen molar-refractivity contribution in [2.75, 3.05) is 29.6 Å². The van der Waals surface area contributed by atoms with Crippen LogP contribution in [0.3, 0.4) is 0 Å². The molecule has 0 aliphatic carbocycles. The highest BCUT2D eigenvalue weighted by Gasteiger charge is 2.52. The second kappa shape index (κ2) is 15.9. The molecule has 61 heavy (non-hydrogen) atoms. The number of fused-ring (bicyclic) bond motifs is 6. The molecule has 3 atom stereocenters. The zero-order valence-corrected chi connectivity index (χ0v) is 36.3. The number of nitrogens with one attached hydrogen (secondary N) is 2. The van der Waals surface area contributed by atoms with E-state index in [1.165, 1.54) is 5.56 Å². The third-order valence-corrected chi connectivity index (χ3v) is 12.1. The van der Waals surface area contributed by atoms with E-state index in [-0.39, 0.29) is 36.0 Å². The van der Waals surface area contributed by atoms with Crippen LogP contribution in [0.5, 0.6) is 11.5 Å². The van der Waals surface area contributed by atoms with Crippen LogP contribution in [0.1, 0.15) is 79.9 Å². The highest BCUT2D eigenvalue weighted by Crippen LogP contribution is 2.41. The molecule has 3 unspecified atom stereocenters. The van der Waals surface area contributed by atoms with E-state index in [0.717, 1.165) is 45.9 Å². The van der Waals surface area contributed by atoms with Crippen molar-refractivity contribution in [1.29, 1.82) is 0 Å². The van der Waals surface area contributed by atoms with Crippen molar-refractivity contribution in [3.8, 4) is 11.5 Å². The standard InChI is InChI=1S/C28H32N4O4.C17H22BN3O4/c1-18-26(33)30-29-25-17-35-24-11-10-20(16-23(24)32(18)25)21-12-13-31(27(34)36-28(2,3)4)22(15-21)14-19-8-6-5-7-9-19;1-10-15(22)20-19-14-9-23-13-7-6-11(8-12(13)21(10)14)18-24-16(2,3)17(4,5)25-18/h5-12,16,18,22H,13-15,17H2,1-4H3,(H,30,33);6-8,10H,9H2,1-5H3,(H,20,22). The first kappa shape index (κ1) is 41.9. The molecule has 1 saturated heterocycles. The Bertz CT molecular complexity index is 2310. The number of nitrogens with zero attached hydrogens (tertiary/aromatic N) is 5. The van der Waals surface area contributed by atoms with Crippen LogP contribution in [-0.2, 0) is 30.1 Å². The van der Waals surface area contributed by atoms with Gasteiger partial charge in [-0.3, -0.25) is 9.59 Å². The number of benzene rings is 3. The Morgan fingerprint density at radius 2 is 1.38 bits per heavy atom. The van der Waals surface area contributed by atoms with E-state index < -0.39 is 23.9 Å². The Hall–Kier alpha value is -5.87. The highest BCUT2D eigenvalue weighted by atomic mass is 16.7. The molecule has 0 saturated carbocycles. The van der Waals surface area contributed by atoms with Gasteiger partial charge in [-0.25, -0.2) is 15.6 Å². The number of hydrogen-bond donors (Lipinski definition) is 2. The fraction of sp³-hybridized carbons (Fsp3) is 0.444. The lowest BCUT2D eigenvalue weighted by molar-refractivity contribution is -0.123. The summed E-state index contributed by atoms with van der Waals surface area (Å²) in [5.41, 5.74) is 9.61. The van der Waals surface area contributed by atoms with Gasteiger partial charge in [-0.1, -0.05) is 48.5 Å². The van der Waals surface area contributed by atoms with Gasteiger partial charge in [-0.05, 0) is 122 Å². The number of carbonyl (C=O) groups excluding carboxylic acids is 3. The minimum Gasteiger partial charge on any atom is -0.483 e. The van der Waals surface area contributed by atoms with Crippen molar-refractivity contribution in [3.05, 3.63) is 83.9 Å². The molecule has 6 aliphatic heterocycles. The molecule has 16 heteroatoms. The van der Waals surface area contributed by atoms with Crippen molar-refractivity contribution in [1.82, 2.24) is 15.8 Å². The number of amides is 3. The molecule has 3 aromatic rings. The van der Waals surface area contributed by atoms with Crippen LogP contribution in [0.25, 0.3) is 5.57 Å². The minimum absolute atomic E-state index is 0.0497. The molecule has 3 aromatic carbocycles. The van der Waals surface area contributed by atoms with E-state index >= 15 is 0 Å². The molecule has 9 rings (SSSR count). The summed E-state index contributed by atoms with van der Waals surface area (Å²) >= 11 is 0. The van der Waals surface area contributed by atoms with E-state index in [1.54, 1.807) is 0 Å². The van der Waals surface area contributed by atoms with Gasteiger partial charge in [-0.15, -0.1) is 0 Å². The summed E-state index contributed by atoms with van der Waals surface area (Å²) in [4.78, 5) is 43.1. The summed E-state index contributed by atoms with van der Waals surface area (Å²) in [7, 11) is -0.466. The lowest BCUT2D eigenvalue weighted by Crippen LogP contribution is -2.55. The summed E-state index contributed by atoms with van der Waals surface area (Å²) < 4.78 is 29.7. The first-order chi connectivity index (χ1) is 28.9. The van der Waals surface area contributed by atoms with Crippen LogP contribution in [0.2, 0.25) is 0 Å². The largest absolute Gasteiger partial charge is 0.494 e. The molecule has 0 radical (unpaired) electrons. The van der Waals surface area contributed by atoms with Gasteiger partial charge in [0.1, 0.15) is 42.4 Å². The van der Waals surface area contributed by atoms with Gasteiger partial charge in [-0.2, -0.15) is 10.2 Å². The maximum Gasteiger partial charge on any atom is 0.494 e. The van der Waals surface area contributed by atoms with E-state index in [9.17, 15) is 14.4 Å². The number of carbonyl (C=O) groups is 3. The third kappa shape index (κ3) is 8.30. The first-order valence-corrected chi connectivity index (χ1v) is 20.8. The Balaban J connectivity index is 0.000000180. The average molecular weight is 832 g/mol. The van der Waals surface area contributed by atoms with Gasteiger partial charge in [0.05, 0.1) is 22.6 Å². The van der Waals surface area contributed by atoms with Crippen molar-refractivity contribution in [3.63, 3.8) is 0 Å². The lowest BCUT2D eigenvalue weighted by atomic mass is 9.78. The summed E-state index contributed by atoms with van der Waals surface area (Å²) in [6, 6.07) is 21.3. The fourth-order valence-electron chi connectivity index (χ4n) is 8.05. The van der Waals surface area contributed by atoms with Crippen molar-refractivity contribution in [2.24, 2.45) is 10.2 Å². The Morgan fingerprint density at radius 3 is 1.95 bits per heavy atom. The molecule has 6 aliphatic rings. The van der Waals surface area contributed by atoms with Crippen molar-refractivity contribution < 1.29 is 37.9 Å². The normalized spacial score (nSPS) is 23.4. The molecule has 0 bridgehead atoms. The lowest BCUT2D eigenvalue weighted by Gasteiger charge is -2.39. The molecule has 0 aromatic heterocycles. The molecule has 3 amide bonds. The van der Waals surface area contributed by atoms with Gasteiger partial charge in [0.2, 0.25) is 0 Å². The predicted octanol–water partition coefficient (Wildman–Crippen LogP) is 5.37. The number of rotatable bonds is 4. The second-order valence-corrected chi connectivity index (χ2v) is 18.1. The highest BCUT2D eigenvalue weighted by molar-refractivity contribution is 6.62. The smallest absolute Gasteiger partial charge is 0.483 e. The van der Waals surface area contributed by atoms with Crippen LogP contribution >= 0.6 is 0 Å². The first-order valence-electron chi connectivity index (χ1n) is 20.8. The van der Waals surface area contributed by atoms with Crippen molar-refractivity contribution >= 4 is 59.1 Å². The van der Waals surface area contributed by atoms with Gasteiger partial charge in [0, 0.05) is 12.6 Å². The maximum absolute atomic E-state index is 13.1. The predicted molar refractivity (Wildman–Crippen MR) is 234 cm³/mol. The summed E-state index contributed by atoms with van der Waals surface area (Å²) in [5, 5.41) is 8.30. The summed E-state index contributed by atoms with van der Waals surface area (Å²) in [6.07, 6.45) is 3.21. The van der Waals surface area contributed by atoms with Crippen LogP contribution in [0, 0.1) is 0 Å². The van der Waals surface area contributed by atoms with Crippen molar-refractivity contribution in [2.45, 2.75) is 110 Å². The quantitative estimate of drug-likeness (QED) is 0.328. The Labute approximate surface area is 357 Å². The maximum atomic E-state index is 13.1. The Morgan fingerprint density at radius 1 is 0.820 bits per heavy atom. The van der Waals surface area contributed by atoms with Gasteiger partial charge < -0.3 is 38.2 Å². The van der Waals surface area contributed by atoms with Gasteiger partial charge in [0.25, 0.3) is 11.8 Å². The van der Waals surface area contributed by atoms with E-state index in [1.807, 2.05) is 126 Å². The summed E-state index contributed by atoms with van der Waals surface area (Å²) in [6.45, 7) is 18.6. The number of hydrogen-bond acceptors (Lipinski definition) is 12. The molecular formula is C45H54BN7O8. The van der Waals surface area contributed by atoms with Gasteiger partial charge in [0.15, 0.2) is 11.7 Å². The third-order valence-electron chi connectivity index (χ3n) is 12.1. The molecule has 6 heterocycles. The van der Waals surface area contributed by atoms with E-state index in [4.69, 9.17) is 23.5 Å². The molecule has 320 valence electrons. The molecule has 15 nitrogen and oxygen atoms in total. The molecular weight excluding hydrogens is 777 g/mol. The molecule has 2 N–H and O–H groups in total. The topological polar surface area (TPSA) is 156 Å². The van der Waals surface area contributed by atoms with Crippen LogP contribution in [-0.4, -0.2) is 96.3 Å². The second-order valence-electron chi connectivity index (χ2n) is 18.1. The summed E-state index contributed by atoms with van der Waals surface area (Å²) in [5.74, 6) is 2.53. The average Bonchev–Trinajstić information content (AvgIpc) is 3.45. The van der Waals surface area contributed by atoms with E-state index in [2.05, 4.69) is 45.3 Å². The van der Waals surface area contributed by atoms with Gasteiger partial charge >= 0.3 is 13.2 Å². The number of ether oxygens (including phenoxy) is 3. The fourth-order valence-corrected chi connectivity index (χ4v) is 8.05. The molecule has 0 spiro atoms. The number of amidine groups is 2. The SMILES string of the molecule is CC1C(=O)NN=C2COc3ccc(B4OC(C)(C)C(C)(C)O4)cc3N21.CC1C(=O)NN=C2COc3ccc(C4=CCN(C(=O)OC(C)(C)C)C(Cc5ccccc5)C4)cc3N21. The van der Waals surface area contributed by atoms with Crippen LogP contribution in [0.4, 0.5) is 16.2 Å². The number of anilines is 2. The minimum atomic E-state index is -0.562. The zero-order valence-electron chi connectivity index (χ0n) is 36.3. The van der Waals surface area contributed by atoms with Crippen LogP contribution < -0.4 is 35.6 Å². The zero-order chi connectivity index (χ0) is 43.4. The molecule has 1 fully saturated rings. The van der Waals surface area contributed by atoms with E-state index in [0.29, 0.717) is 37.9 Å². The number of hydrazone groups is 2. The monoisotopic (exact) mass is 831 g/mol.